The Morgan fingerprint density at radius 3 is 2.70 bits per heavy atom. The molecule has 6 nitrogen and oxygen atoms in total. The monoisotopic (exact) mass is 382 g/mol. The van der Waals surface area contributed by atoms with Gasteiger partial charge in [0.05, 0.1) is 6.54 Å². The van der Waals surface area contributed by atoms with E-state index < -0.39 is 18.5 Å². The normalized spacial score (nSPS) is 10.3. The highest BCUT2D eigenvalue weighted by atomic mass is 79.9. The maximum Gasteiger partial charge on any atom is 0.331 e. The first-order valence-electron chi connectivity index (χ1n) is 7.15. The summed E-state index contributed by atoms with van der Waals surface area (Å²) in [5.41, 5.74) is 0.827. The standard InChI is InChI=1S/C16H19BrN2O4/c1-2-8-18-14(20)10-19-15(21)11-23-16(22)7-6-12-4-3-5-13(17)9-12/h3-7,9H,2,8,10-11H2,1H3,(H,18,20)(H,19,21)/b7-6+. The Kier molecular flexibility index (Phi) is 8.67. The van der Waals surface area contributed by atoms with Crippen LogP contribution in [0.4, 0.5) is 0 Å². The molecule has 0 aromatic heterocycles. The summed E-state index contributed by atoms with van der Waals surface area (Å²) < 4.78 is 5.68. The molecule has 2 amide bonds. The predicted octanol–water partition coefficient (Wildman–Crippen LogP) is 1.65. The second-order valence-corrected chi connectivity index (χ2v) is 5.54. The summed E-state index contributed by atoms with van der Waals surface area (Å²) in [5, 5.41) is 4.99. The molecule has 0 aliphatic heterocycles. The minimum atomic E-state index is -0.629. The van der Waals surface area contributed by atoms with Crippen molar-refractivity contribution in [1.82, 2.24) is 10.6 Å². The zero-order chi connectivity index (χ0) is 17.1. The van der Waals surface area contributed by atoms with E-state index in [2.05, 4.69) is 26.6 Å². The first-order valence-corrected chi connectivity index (χ1v) is 7.94. The van der Waals surface area contributed by atoms with Gasteiger partial charge in [-0.1, -0.05) is 35.0 Å². The predicted molar refractivity (Wildman–Crippen MR) is 90.4 cm³/mol. The minimum absolute atomic E-state index is 0.135. The van der Waals surface area contributed by atoms with Gasteiger partial charge in [0.2, 0.25) is 5.91 Å². The molecule has 0 saturated carbocycles. The second kappa shape index (κ2) is 10.6. The summed E-state index contributed by atoms with van der Waals surface area (Å²) in [7, 11) is 0. The SMILES string of the molecule is CCCNC(=O)CNC(=O)COC(=O)/C=C/c1cccc(Br)c1. The number of hydrogen-bond acceptors (Lipinski definition) is 4. The van der Waals surface area contributed by atoms with Gasteiger partial charge < -0.3 is 15.4 Å². The van der Waals surface area contributed by atoms with E-state index >= 15 is 0 Å². The lowest BCUT2D eigenvalue weighted by atomic mass is 10.2. The van der Waals surface area contributed by atoms with Crippen LogP contribution in [0, 0.1) is 0 Å². The molecule has 0 unspecified atom stereocenters. The highest BCUT2D eigenvalue weighted by molar-refractivity contribution is 9.10. The zero-order valence-electron chi connectivity index (χ0n) is 12.8. The fraction of sp³-hybridized carbons (Fsp3) is 0.312. The molecule has 1 aromatic rings. The molecule has 1 aromatic carbocycles. The van der Waals surface area contributed by atoms with Gasteiger partial charge in [-0.3, -0.25) is 9.59 Å². The molecule has 2 N–H and O–H groups in total. The molecule has 0 aliphatic carbocycles. The Labute approximate surface area is 143 Å². The third-order valence-electron chi connectivity index (χ3n) is 2.62. The number of carbonyl (C=O) groups is 3. The molecule has 23 heavy (non-hydrogen) atoms. The third kappa shape index (κ3) is 8.77. The van der Waals surface area contributed by atoms with Crippen molar-refractivity contribution in [2.24, 2.45) is 0 Å². The van der Waals surface area contributed by atoms with E-state index in [1.807, 2.05) is 31.2 Å². The smallest absolute Gasteiger partial charge is 0.331 e. The number of carbonyl (C=O) groups excluding carboxylic acids is 3. The maximum absolute atomic E-state index is 11.5. The molecule has 0 saturated heterocycles. The van der Waals surface area contributed by atoms with Crippen LogP contribution in [-0.4, -0.2) is 37.5 Å². The van der Waals surface area contributed by atoms with Crippen LogP contribution < -0.4 is 10.6 Å². The van der Waals surface area contributed by atoms with E-state index in [0.29, 0.717) is 6.54 Å². The van der Waals surface area contributed by atoms with E-state index in [1.54, 1.807) is 6.08 Å². The van der Waals surface area contributed by atoms with Crippen molar-refractivity contribution in [3.05, 3.63) is 40.4 Å². The largest absolute Gasteiger partial charge is 0.452 e. The lowest BCUT2D eigenvalue weighted by Gasteiger charge is -2.06. The van der Waals surface area contributed by atoms with E-state index in [4.69, 9.17) is 4.74 Å². The quantitative estimate of drug-likeness (QED) is 0.528. The van der Waals surface area contributed by atoms with Crippen molar-refractivity contribution >= 4 is 39.8 Å². The van der Waals surface area contributed by atoms with E-state index in [-0.39, 0.29) is 12.5 Å². The number of nitrogens with one attached hydrogen (secondary N) is 2. The average Bonchev–Trinajstić information content (AvgIpc) is 2.54. The average molecular weight is 383 g/mol. The molecule has 0 aliphatic rings. The van der Waals surface area contributed by atoms with Crippen LogP contribution in [0.25, 0.3) is 6.08 Å². The summed E-state index contributed by atoms with van der Waals surface area (Å²) >= 11 is 3.33. The Bertz CT molecular complexity index is 587. The molecule has 1 rings (SSSR count). The molecular weight excluding hydrogens is 364 g/mol. The fourth-order valence-corrected chi connectivity index (χ4v) is 1.93. The number of esters is 1. The highest BCUT2D eigenvalue weighted by Gasteiger charge is 2.07. The van der Waals surface area contributed by atoms with Gasteiger partial charge in [-0.15, -0.1) is 0 Å². The van der Waals surface area contributed by atoms with Crippen molar-refractivity contribution in [2.45, 2.75) is 13.3 Å². The van der Waals surface area contributed by atoms with E-state index in [0.717, 1.165) is 16.5 Å². The summed E-state index contributed by atoms with van der Waals surface area (Å²) in [6, 6.07) is 7.38. The molecule has 0 spiro atoms. The van der Waals surface area contributed by atoms with Gasteiger partial charge in [0.25, 0.3) is 5.91 Å². The van der Waals surface area contributed by atoms with Gasteiger partial charge in [-0.05, 0) is 30.2 Å². The highest BCUT2D eigenvalue weighted by Crippen LogP contribution is 2.12. The van der Waals surface area contributed by atoms with Crippen LogP contribution in [-0.2, 0) is 19.1 Å². The lowest BCUT2D eigenvalue weighted by Crippen LogP contribution is -2.38. The molecule has 0 fully saturated rings. The van der Waals surface area contributed by atoms with Gasteiger partial charge in [-0.2, -0.15) is 0 Å². The zero-order valence-corrected chi connectivity index (χ0v) is 14.4. The van der Waals surface area contributed by atoms with Crippen LogP contribution in [0.1, 0.15) is 18.9 Å². The topological polar surface area (TPSA) is 84.5 Å². The Morgan fingerprint density at radius 1 is 1.22 bits per heavy atom. The van der Waals surface area contributed by atoms with E-state index in [1.165, 1.54) is 6.08 Å². The van der Waals surface area contributed by atoms with Crippen LogP contribution in [0.15, 0.2) is 34.8 Å². The number of rotatable bonds is 8. The van der Waals surface area contributed by atoms with Gasteiger partial charge in [0, 0.05) is 17.1 Å². The third-order valence-corrected chi connectivity index (χ3v) is 3.12. The number of hydrogen-bond donors (Lipinski definition) is 2. The molecule has 7 heteroatoms. The van der Waals surface area contributed by atoms with Crippen molar-refractivity contribution in [2.75, 3.05) is 19.7 Å². The molecule has 124 valence electrons. The van der Waals surface area contributed by atoms with Gasteiger partial charge in [0.1, 0.15) is 0 Å². The van der Waals surface area contributed by atoms with Crippen LogP contribution in [0.2, 0.25) is 0 Å². The van der Waals surface area contributed by atoms with Crippen molar-refractivity contribution in [1.29, 1.82) is 0 Å². The number of amides is 2. The van der Waals surface area contributed by atoms with Gasteiger partial charge >= 0.3 is 5.97 Å². The summed E-state index contributed by atoms with van der Waals surface area (Å²) in [6.07, 6.45) is 3.65. The number of ether oxygens (including phenoxy) is 1. The summed E-state index contributed by atoms with van der Waals surface area (Å²) in [5.74, 6) is -1.43. The summed E-state index contributed by atoms with van der Waals surface area (Å²) in [6.45, 7) is 1.93. The molecule has 0 atom stereocenters. The first kappa shape index (κ1) is 18.9. The number of benzene rings is 1. The molecule has 0 radical (unpaired) electrons. The second-order valence-electron chi connectivity index (χ2n) is 4.62. The summed E-state index contributed by atoms with van der Waals surface area (Å²) in [4.78, 5) is 34.2. The maximum atomic E-state index is 11.5. The number of halogens is 1. The van der Waals surface area contributed by atoms with Crippen molar-refractivity contribution in [3.63, 3.8) is 0 Å². The Morgan fingerprint density at radius 2 is 2.00 bits per heavy atom. The van der Waals surface area contributed by atoms with Crippen LogP contribution in [0.5, 0.6) is 0 Å². The van der Waals surface area contributed by atoms with Crippen LogP contribution >= 0.6 is 15.9 Å². The fourth-order valence-electron chi connectivity index (χ4n) is 1.52. The van der Waals surface area contributed by atoms with Gasteiger partial charge in [-0.25, -0.2) is 4.79 Å². The Hall–Kier alpha value is -2.15. The van der Waals surface area contributed by atoms with Crippen molar-refractivity contribution < 1.29 is 19.1 Å². The van der Waals surface area contributed by atoms with Gasteiger partial charge in [0.15, 0.2) is 6.61 Å². The molecule has 0 bridgehead atoms. The first-order chi connectivity index (χ1) is 11.0. The minimum Gasteiger partial charge on any atom is -0.452 e. The van der Waals surface area contributed by atoms with E-state index in [9.17, 15) is 14.4 Å². The Balaban J connectivity index is 2.27. The lowest BCUT2D eigenvalue weighted by molar-refractivity contribution is -0.143. The molecular formula is C16H19BrN2O4. The van der Waals surface area contributed by atoms with Crippen LogP contribution in [0.3, 0.4) is 0 Å². The van der Waals surface area contributed by atoms with Crippen molar-refractivity contribution in [3.8, 4) is 0 Å². The molecule has 0 heterocycles.